The number of halogens is 4. The zero-order valence-corrected chi connectivity index (χ0v) is 14.8. The summed E-state index contributed by atoms with van der Waals surface area (Å²) >= 11 is 5.62. The molecule has 0 saturated heterocycles. The van der Waals surface area contributed by atoms with Crippen LogP contribution in [0.3, 0.4) is 0 Å². The van der Waals surface area contributed by atoms with Gasteiger partial charge in [0.15, 0.2) is 6.19 Å². The van der Waals surface area contributed by atoms with Gasteiger partial charge in [-0.2, -0.15) is 18.4 Å². The lowest BCUT2D eigenvalue weighted by molar-refractivity contribution is -0.137. The summed E-state index contributed by atoms with van der Waals surface area (Å²) < 4.78 is 39.1. The third-order valence-corrected chi connectivity index (χ3v) is 4.11. The molecule has 142 valence electrons. The molecule has 3 aromatic carbocycles. The van der Waals surface area contributed by atoms with Crippen molar-refractivity contribution >= 4 is 39.7 Å². The fourth-order valence-corrected chi connectivity index (χ4v) is 2.78. The second kappa shape index (κ2) is 7.66. The molecular formula is C19H12ClF3N4O. The van der Waals surface area contributed by atoms with E-state index in [0.29, 0.717) is 11.1 Å². The van der Waals surface area contributed by atoms with Gasteiger partial charge in [-0.15, -0.1) is 0 Å². The molecule has 28 heavy (non-hydrogen) atoms. The van der Waals surface area contributed by atoms with Crippen molar-refractivity contribution in [2.45, 2.75) is 6.18 Å². The fraction of sp³-hybridized carbons (Fsp3) is 0.0526. The minimum Gasteiger partial charge on any atom is -0.508 e. The van der Waals surface area contributed by atoms with Crippen LogP contribution < -0.4 is 10.6 Å². The maximum absolute atomic E-state index is 13.0. The Bertz CT molecular complexity index is 1110. The van der Waals surface area contributed by atoms with Gasteiger partial charge in [0.2, 0.25) is 5.96 Å². The minimum atomic E-state index is -4.62. The average molecular weight is 405 g/mol. The second-order valence-electron chi connectivity index (χ2n) is 5.70. The van der Waals surface area contributed by atoms with E-state index in [0.717, 1.165) is 17.5 Å². The van der Waals surface area contributed by atoms with Crippen LogP contribution in [0.15, 0.2) is 59.6 Å². The third-order valence-electron chi connectivity index (χ3n) is 3.78. The minimum absolute atomic E-state index is 0.0328. The number of nitrogens with one attached hydrogen (secondary N) is 2. The van der Waals surface area contributed by atoms with Crippen molar-refractivity contribution in [2.75, 3.05) is 5.32 Å². The maximum Gasteiger partial charge on any atom is 0.417 e. The number of anilines is 1. The number of aromatic hydroxyl groups is 1. The molecule has 0 amide bonds. The molecule has 0 radical (unpaired) electrons. The van der Waals surface area contributed by atoms with Crippen molar-refractivity contribution < 1.29 is 18.3 Å². The lowest BCUT2D eigenvalue weighted by Crippen LogP contribution is -2.26. The van der Waals surface area contributed by atoms with Crippen LogP contribution in [-0.4, -0.2) is 11.1 Å². The van der Waals surface area contributed by atoms with E-state index in [-0.39, 0.29) is 17.4 Å². The third kappa shape index (κ3) is 4.27. The van der Waals surface area contributed by atoms with Gasteiger partial charge in [-0.05, 0) is 41.8 Å². The largest absolute Gasteiger partial charge is 0.508 e. The summed E-state index contributed by atoms with van der Waals surface area (Å²) in [5.41, 5.74) is -0.560. The standard InChI is InChI=1S/C19H12ClF3N4O/c20-16-7-5-12(8-15(16)19(21,22)23)26-18(25-10-24)27-17-3-1-2-11-4-6-13(28)9-14(11)17/h1-9,28H,(H2,25,26,27). The van der Waals surface area contributed by atoms with Crippen LogP contribution in [0.2, 0.25) is 5.02 Å². The summed E-state index contributed by atoms with van der Waals surface area (Å²) in [6.45, 7) is 0. The predicted molar refractivity (Wildman–Crippen MR) is 102 cm³/mol. The monoisotopic (exact) mass is 404 g/mol. The summed E-state index contributed by atoms with van der Waals surface area (Å²) in [6, 6.07) is 13.2. The lowest BCUT2D eigenvalue weighted by Gasteiger charge is -2.13. The van der Waals surface area contributed by atoms with Crippen LogP contribution in [-0.2, 0) is 6.18 Å². The first kappa shape index (κ1) is 19.3. The number of rotatable bonds is 2. The number of aliphatic imine (C=N–C) groups is 1. The van der Waals surface area contributed by atoms with Gasteiger partial charge in [0.25, 0.3) is 0 Å². The zero-order chi connectivity index (χ0) is 20.3. The summed E-state index contributed by atoms with van der Waals surface area (Å²) in [4.78, 5) is 4.27. The summed E-state index contributed by atoms with van der Waals surface area (Å²) in [6.07, 6.45) is -2.94. The van der Waals surface area contributed by atoms with Gasteiger partial charge in [0, 0.05) is 11.1 Å². The highest BCUT2D eigenvalue weighted by atomic mass is 35.5. The smallest absolute Gasteiger partial charge is 0.417 e. The highest BCUT2D eigenvalue weighted by molar-refractivity contribution is 6.31. The number of phenols is 1. The van der Waals surface area contributed by atoms with E-state index in [9.17, 15) is 18.3 Å². The second-order valence-corrected chi connectivity index (χ2v) is 6.10. The Morgan fingerprint density at radius 2 is 1.89 bits per heavy atom. The molecule has 0 atom stereocenters. The first-order chi connectivity index (χ1) is 13.3. The Hall–Kier alpha value is -3.44. The fourth-order valence-electron chi connectivity index (χ4n) is 2.56. The molecular weight excluding hydrogens is 393 g/mol. The number of guanidine groups is 1. The van der Waals surface area contributed by atoms with Gasteiger partial charge >= 0.3 is 6.18 Å². The zero-order valence-electron chi connectivity index (χ0n) is 14.0. The molecule has 5 nitrogen and oxygen atoms in total. The number of phenolic OH excluding ortho intramolecular Hbond substituents is 1. The van der Waals surface area contributed by atoms with E-state index < -0.39 is 16.8 Å². The Kier molecular flexibility index (Phi) is 5.29. The number of hydrogen-bond donors (Lipinski definition) is 3. The molecule has 0 heterocycles. The van der Waals surface area contributed by atoms with E-state index in [2.05, 4.69) is 15.6 Å². The van der Waals surface area contributed by atoms with Gasteiger partial charge in [-0.3, -0.25) is 5.32 Å². The van der Waals surface area contributed by atoms with Gasteiger partial charge in [0.1, 0.15) is 5.75 Å². The molecule has 3 aromatic rings. The lowest BCUT2D eigenvalue weighted by atomic mass is 10.1. The maximum atomic E-state index is 13.0. The molecule has 0 saturated carbocycles. The normalized spacial score (nSPS) is 11.9. The highest BCUT2D eigenvalue weighted by Crippen LogP contribution is 2.36. The molecule has 3 rings (SSSR count). The quantitative estimate of drug-likeness (QED) is 0.231. The number of nitrogens with zero attached hydrogens (tertiary/aromatic N) is 2. The number of alkyl halides is 3. The first-order valence-corrected chi connectivity index (χ1v) is 8.25. The number of benzene rings is 3. The number of fused-ring (bicyclic) bond motifs is 1. The van der Waals surface area contributed by atoms with Crippen LogP contribution >= 0.6 is 11.6 Å². The van der Waals surface area contributed by atoms with E-state index in [1.165, 1.54) is 18.2 Å². The first-order valence-electron chi connectivity index (χ1n) is 7.87. The molecule has 0 aromatic heterocycles. The summed E-state index contributed by atoms with van der Waals surface area (Å²) in [7, 11) is 0. The topological polar surface area (TPSA) is 80.4 Å². The Morgan fingerprint density at radius 1 is 1.11 bits per heavy atom. The van der Waals surface area contributed by atoms with Crippen molar-refractivity contribution in [1.82, 2.24) is 5.32 Å². The van der Waals surface area contributed by atoms with E-state index in [4.69, 9.17) is 16.9 Å². The van der Waals surface area contributed by atoms with Crippen molar-refractivity contribution in [3.05, 3.63) is 65.2 Å². The molecule has 0 aliphatic carbocycles. The predicted octanol–water partition coefficient (Wildman–Crippen LogP) is 5.39. The molecule has 0 aliphatic heterocycles. The Balaban J connectivity index is 2.02. The molecule has 0 aliphatic rings. The van der Waals surface area contributed by atoms with Crippen LogP contribution in [0.5, 0.6) is 5.75 Å². The van der Waals surface area contributed by atoms with Crippen molar-refractivity contribution in [2.24, 2.45) is 4.99 Å². The van der Waals surface area contributed by atoms with Gasteiger partial charge < -0.3 is 10.4 Å². The Labute approximate surface area is 162 Å². The van der Waals surface area contributed by atoms with Crippen molar-refractivity contribution in [1.29, 1.82) is 5.26 Å². The molecule has 0 fully saturated rings. The van der Waals surface area contributed by atoms with E-state index in [1.807, 2.05) is 6.07 Å². The van der Waals surface area contributed by atoms with Gasteiger partial charge in [0.05, 0.1) is 16.3 Å². The summed E-state index contributed by atoms with van der Waals surface area (Å²) in [5, 5.41) is 24.6. The average Bonchev–Trinajstić information content (AvgIpc) is 2.63. The van der Waals surface area contributed by atoms with Crippen molar-refractivity contribution in [3.63, 3.8) is 0 Å². The Morgan fingerprint density at radius 3 is 2.61 bits per heavy atom. The molecule has 3 N–H and O–H groups in total. The van der Waals surface area contributed by atoms with Crippen LogP contribution in [0.25, 0.3) is 10.8 Å². The van der Waals surface area contributed by atoms with E-state index in [1.54, 1.807) is 24.4 Å². The SMILES string of the molecule is N#CNC(=Nc1cccc2ccc(O)cc12)Nc1ccc(Cl)c(C(F)(F)F)c1. The van der Waals surface area contributed by atoms with Gasteiger partial charge in [-0.1, -0.05) is 29.8 Å². The molecule has 0 spiro atoms. The summed E-state index contributed by atoms with van der Waals surface area (Å²) in [5.74, 6) is -0.0563. The number of hydrogen-bond acceptors (Lipinski definition) is 3. The van der Waals surface area contributed by atoms with Gasteiger partial charge in [-0.25, -0.2) is 4.99 Å². The van der Waals surface area contributed by atoms with Crippen LogP contribution in [0, 0.1) is 11.5 Å². The molecule has 0 bridgehead atoms. The molecule has 9 heteroatoms. The highest BCUT2D eigenvalue weighted by Gasteiger charge is 2.33. The molecule has 0 unspecified atom stereocenters. The van der Waals surface area contributed by atoms with E-state index >= 15 is 0 Å². The number of nitriles is 1. The van der Waals surface area contributed by atoms with Crippen molar-refractivity contribution in [3.8, 4) is 11.9 Å². The van der Waals surface area contributed by atoms with Crippen LogP contribution in [0.1, 0.15) is 5.56 Å². The van der Waals surface area contributed by atoms with Crippen LogP contribution in [0.4, 0.5) is 24.5 Å².